The molecule has 5 nitrogen and oxygen atoms in total. The second kappa shape index (κ2) is 6.92. The molecule has 2 aliphatic rings. The molecule has 1 saturated carbocycles. The third-order valence-electron chi connectivity index (χ3n) is 4.55. The summed E-state index contributed by atoms with van der Waals surface area (Å²) >= 11 is 6.07. The number of allylic oxidation sites excluding steroid dienone is 4. The summed E-state index contributed by atoms with van der Waals surface area (Å²) in [5.41, 5.74) is -0.104. The maximum Gasteiger partial charge on any atom is 0.342 e. The number of aromatic hydroxyl groups is 2. The lowest BCUT2D eigenvalue weighted by atomic mass is 10.00. The van der Waals surface area contributed by atoms with Crippen LogP contribution < -0.4 is 0 Å². The van der Waals surface area contributed by atoms with Crippen molar-refractivity contribution >= 4 is 23.4 Å². The van der Waals surface area contributed by atoms with Gasteiger partial charge >= 0.3 is 5.97 Å². The maximum atomic E-state index is 12.5. The van der Waals surface area contributed by atoms with E-state index >= 15 is 0 Å². The number of fused-ring (bicyclic) bond motifs is 2. The molecule has 1 aromatic rings. The molecule has 3 unspecified atom stereocenters. The van der Waals surface area contributed by atoms with Gasteiger partial charge in [0.15, 0.2) is 5.78 Å². The number of ether oxygens (including phenoxy) is 1. The summed E-state index contributed by atoms with van der Waals surface area (Å²) in [6.45, 7) is 1.80. The van der Waals surface area contributed by atoms with Crippen molar-refractivity contribution in [1.29, 1.82) is 0 Å². The molecule has 0 spiro atoms. The zero-order valence-electron chi connectivity index (χ0n) is 13.7. The van der Waals surface area contributed by atoms with Crippen LogP contribution in [0, 0.1) is 11.8 Å². The molecule has 0 aromatic heterocycles. The first-order valence-electron chi connectivity index (χ1n) is 8.18. The summed E-state index contributed by atoms with van der Waals surface area (Å²) < 4.78 is 5.44. The van der Waals surface area contributed by atoms with E-state index in [0.717, 1.165) is 18.9 Å². The topological polar surface area (TPSA) is 83.8 Å². The average Bonchev–Trinajstić information content (AvgIpc) is 3.25. The molecule has 132 valence electrons. The Bertz CT molecular complexity index is 781. The predicted octanol–water partition coefficient (Wildman–Crippen LogP) is 3.56. The minimum absolute atomic E-state index is 0.0661. The quantitative estimate of drug-likeness (QED) is 0.689. The van der Waals surface area contributed by atoms with E-state index in [1.54, 1.807) is 13.0 Å². The van der Waals surface area contributed by atoms with Crippen molar-refractivity contribution in [1.82, 2.24) is 0 Å². The normalized spacial score (nSPS) is 29.0. The third-order valence-corrected chi connectivity index (χ3v) is 4.97. The summed E-state index contributed by atoms with van der Waals surface area (Å²) in [5.74, 6) is -1.01. The van der Waals surface area contributed by atoms with Gasteiger partial charge in [0.25, 0.3) is 0 Å². The van der Waals surface area contributed by atoms with Crippen LogP contribution in [0.15, 0.2) is 30.4 Å². The minimum Gasteiger partial charge on any atom is -0.507 e. The molecule has 1 aromatic carbocycles. The fourth-order valence-corrected chi connectivity index (χ4v) is 3.39. The fourth-order valence-electron chi connectivity index (χ4n) is 3.17. The first-order valence-corrected chi connectivity index (χ1v) is 8.56. The Balaban J connectivity index is 2.01. The summed E-state index contributed by atoms with van der Waals surface area (Å²) in [6.07, 6.45) is 8.13. The third kappa shape index (κ3) is 3.87. The van der Waals surface area contributed by atoms with E-state index in [1.807, 2.05) is 12.2 Å². The molecule has 25 heavy (non-hydrogen) atoms. The number of phenolic OH excluding ortho intramolecular Hbond substituents is 2. The molecule has 0 radical (unpaired) electrons. The van der Waals surface area contributed by atoms with Crippen molar-refractivity contribution in [2.45, 2.75) is 32.3 Å². The van der Waals surface area contributed by atoms with Crippen LogP contribution in [0.25, 0.3) is 0 Å². The molecular formula is C19H19ClO5. The molecule has 1 fully saturated rings. The van der Waals surface area contributed by atoms with E-state index in [0.29, 0.717) is 11.8 Å². The van der Waals surface area contributed by atoms with Gasteiger partial charge in [-0.3, -0.25) is 4.79 Å². The number of cyclic esters (lactones) is 1. The summed E-state index contributed by atoms with van der Waals surface area (Å²) in [6, 6.07) is 0.982. The van der Waals surface area contributed by atoms with Crippen LogP contribution in [-0.4, -0.2) is 28.1 Å². The lowest BCUT2D eigenvalue weighted by molar-refractivity contribution is -0.114. The molecule has 0 saturated heterocycles. The number of hydrogen-bond donors (Lipinski definition) is 2. The number of esters is 1. The van der Waals surface area contributed by atoms with Gasteiger partial charge in [-0.15, -0.1) is 0 Å². The smallest absolute Gasteiger partial charge is 0.342 e. The Morgan fingerprint density at radius 2 is 1.92 bits per heavy atom. The van der Waals surface area contributed by atoms with Crippen LogP contribution in [0.5, 0.6) is 11.5 Å². The number of rotatable bonds is 0. The standard InChI is InChI=1S/C19H19ClO5/c1-10-6-12-7-11(12)4-2-3-5-13(21)8-14-17(19(24)25-10)15(22)9-16(23)18(14)20/h2-5,9-12,22-23H,6-8H2,1H3/b4-2-,5-3+. The molecular weight excluding hydrogens is 344 g/mol. The van der Waals surface area contributed by atoms with E-state index in [1.165, 1.54) is 6.08 Å². The number of carbonyl (C=O) groups is 2. The lowest BCUT2D eigenvalue weighted by Gasteiger charge is -2.17. The van der Waals surface area contributed by atoms with Crippen LogP contribution in [0.4, 0.5) is 0 Å². The molecule has 1 aliphatic carbocycles. The van der Waals surface area contributed by atoms with Crippen molar-refractivity contribution in [2.75, 3.05) is 0 Å². The van der Waals surface area contributed by atoms with E-state index < -0.39 is 17.5 Å². The van der Waals surface area contributed by atoms with Gasteiger partial charge in [0.2, 0.25) is 0 Å². The highest BCUT2D eigenvalue weighted by Gasteiger charge is 2.36. The van der Waals surface area contributed by atoms with E-state index in [4.69, 9.17) is 16.3 Å². The maximum absolute atomic E-state index is 12.5. The molecule has 0 amide bonds. The largest absolute Gasteiger partial charge is 0.507 e. The van der Waals surface area contributed by atoms with E-state index in [-0.39, 0.29) is 34.5 Å². The van der Waals surface area contributed by atoms with Gasteiger partial charge < -0.3 is 14.9 Å². The minimum atomic E-state index is -0.747. The van der Waals surface area contributed by atoms with Crippen LogP contribution in [0.2, 0.25) is 5.02 Å². The first kappa shape index (κ1) is 17.5. The van der Waals surface area contributed by atoms with Gasteiger partial charge in [-0.25, -0.2) is 4.79 Å². The van der Waals surface area contributed by atoms with Gasteiger partial charge in [0.1, 0.15) is 17.1 Å². The molecule has 3 rings (SSSR count). The summed E-state index contributed by atoms with van der Waals surface area (Å²) in [5, 5.41) is 19.8. The average molecular weight is 363 g/mol. The monoisotopic (exact) mass is 362 g/mol. The highest BCUT2D eigenvalue weighted by atomic mass is 35.5. The molecule has 3 atom stereocenters. The molecule has 6 heteroatoms. The fraction of sp³-hybridized carbons (Fsp3) is 0.368. The Morgan fingerprint density at radius 1 is 1.16 bits per heavy atom. The second-order valence-electron chi connectivity index (χ2n) is 6.58. The number of carbonyl (C=O) groups excluding carboxylic acids is 2. The molecule has 1 heterocycles. The zero-order valence-corrected chi connectivity index (χ0v) is 14.5. The highest BCUT2D eigenvalue weighted by molar-refractivity contribution is 6.33. The van der Waals surface area contributed by atoms with Crippen molar-refractivity contribution in [3.63, 3.8) is 0 Å². The molecule has 0 bridgehead atoms. The Hall–Kier alpha value is -2.27. The first-order chi connectivity index (χ1) is 11.9. The highest BCUT2D eigenvalue weighted by Crippen LogP contribution is 2.44. The lowest BCUT2D eigenvalue weighted by Crippen LogP contribution is -2.18. The van der Waals surface area contributed by atoms with Gasteiger partial charge in [-0.05, 0) is 37.7 Å². The van der Waals surface area contributed by atoms with Crippen LogP contribution in [-0.2, 0) is 16.0 Å². The zero-order chi connectivity index (χ0) is 18.1. The predicted molar refractivity (Wildman–Crippen MR) is 92.9 cm³/mol. The second-order valence-corrected chi connectivity index (χ2v) is 6.96. The van der Waals surface area contributed by atoms with Crippen molar-refractivity contribution < 1.29 is 24.5 Å². The number of phenols is 2. The van der Waals surface area contributed by atoms with Crippen molar-refractivity contribution in [3.8, 4) is 11.5 Å². The van der Waals surface area contributed by atoms with Crippen LogP contribution >= 0.6 is 11.6 Å². The number of ketones is 1. The van der Waals surface area contributed by atoms with Crippen molar-refractivity contribution in [3.05, 3.63) is 46.5 Å². The number of hydrogen-bond acceptors (Lipinski definition) is 5. The summed E-state index contributed by atoms with van der Waals surface area (Å²) in [7, 11) is 0. The molecule has 1 aliphatic heterocycles. The van der Waals surface area contributed by atoms with Gasteiger partial charge in [-0.2, -0.15) is 0 Å². The molecule has 2 N–H and O–H groups in total. The Kier molecular flexibility index (Phi) is 4.86. The van der Waals surface area contributed by atoms with Crippen molar-refractivity contribution in [2.24, 2.45) is 11.8 Å². The van der Waals surface area contributed by atoms with Crippen LogP contribution in [0.3, 0.4) is 0 Å². The van der Waals surface area contributed by atoms with Crippen LogP contribution in [0.1, 0.15) is 35.7 Å². The number of benzene rings is 1. The SMILES string of the molecule is CC1CC2CC2/C=C\C=C\C(=O)Cc2c(Cl)c(O)cc(O)c2C(=O)O1. The number of halogens is 1. The van der Waals surface area contributed by atoms with E-state index in [9.17, 15) is 19.8 Å². The van der Waals surface area contributed by atoms with Gasteiger partial charge in [0.05, 0.1) is 11.1 Å². The Labute approximate surface area is 150 Å². The van der Waals surface area contributed by atoms with Gasteiger partial charge in [-0.1, -0.05) is 29.8 Å². The van der Waals surface area contributed by atoms with E-state index in [2.05, 4.69) is 0 Å². The summed E-state index contributed by atoms with van der Waals surface area (Å²) in [4.78, 5) is 24.7. The van der Waals surface area contributed by atoms with Gasteiger partial charge in [0, 0.05) is 18.1 Å². The Morgan fingerprint density at radius 3 is 2.68 bits per heavy atom.